The van der Waals surface area contributed by atoms with Crippen molar-refractivity contribution in [3.8, 4) is 0 Å². The molecule has 1 atom stereocenters. The zero-order valence-corrected chi connectivity index (χ0v) is 9.58. The first-order valence-corrected chi connectivity index (χ1v) is 5.74. The Bertz CT molecular complexity index is 396. The molecule has 4 heteroatoms. The third-order valence-corrected chi connectivity index (χ3v) is 3.23. The number of benzene rings is 1. The lowest BCUT2D eigenvalue weighted by atomic mass is 9.91. The minimum atomic E-state index is -0.416. The highest BCUT2D eigenvalue weighted by Crippen LogP contribution is 2.27. The summed E-state index contributed by atoms with van der Waals surface area (Å²) in [5.41, 5.74) is 0.947. The van der Waals surface area contributed by atoms with Crippen LogP contribution < -0.4 is 0 Å². The van der Waals surface area contributed by atoms with Crippen LogP contribution >= 0.6 is 11.6 Å². The van der Waals surface area contributed by atoms with Crippen molar-refractivity contribution >= 4 is 17.0 Å². The molecule has 0 aromatic heterocycles. The molecule has 1 heterocycles. The lowest BCUT2D eigenvalue weighted by molar-refractivity contribution is 0.202. The molecule has 2 nitrogen and oxygen atoms in total. The Morgan fingerprint density at radius 3 is 3.00 bits per heavy atom. The quantitative estimate of drug-likeness (QED) is 0.545. The zero-order chi connectivity index (χ0) is 11.5. The van der Waals surface area contributed by atoms with Crippen molar-refractivity contribution in [3.05, 3.63) is 35.6 Å². The predicted octanol–water partition coefficient (Wildman–Crippen LogP) is 3.36. The van der Waals surface area contributed by atoms with Gasteiger partial charge in [0, 0.05) is 19.0 Å². The van der Waals surface area contributed by atoms with Crippen molar-refractivity contribution in [2.75, 3.05) is 13.1 Å². The van der Waals surface area contributed by atoms with E-state index in [1.165, 1.54) is 12.1 Å². The lowest BCUT2D eigenvalue weighted by Gasteiger charge is -2.31. The van der Waals surface area contributed by atoms with E-state index in [1.54, 1.807) is 11.0 Å². The summed E-state index contributed by atoms with van der Waals surface area (Å²) in [5, 5.41) is -0.416. The molecule has 0 aliphatic carbocycles. The molecular weight excluding hydrogens is 229 g/mol. The van der Waals surface area contributed by atoms with Gasteiger partial charge in [-0.25, -0.2) is 4.39 Å². The molecule has 86 valence electrons. The van der Waals surface area contributed by atoms with Gasteiger partial charge in [0.15, 0.2) is 0 Å². The van der Waals surface area contributed by atoms with Gasteiger partial charge < -0.3 is 4.90 Å². The van der Waals surface area contributed by atoms with Crippen LogP contribution in [0, 0.1) is 5.82 Å². The fourth-order valence-corrected chi connectivity index (χ4v) is 2.32. The van der Waals surface area contributed by atoms with Crippen LogP contribution in [0.5, 0.6) is 0 Å². The summed E-state index contributed by atoms with van der Waals surface area (Å²) in [4.78, 5) is 12.7. The SMILES string of the molecule is O=C(Cl)N1CCCC(c2cccc(F)c2)C1. The van der Waals surface area contributed by atoms with E-state index in [4.69, 9.17) is 11.6 Å². The molecule has 0 radical (unpaired) electrons. The third kappa shape index (κ3) is 2.53. The van der Waals surface area contributed by atoms with E-state index in [2.05, 4.69) is 0 Å². The molecule has 1 saturated heterocycles. The van der Waals surface area contributed by atoms with E-state index >= 15 is 0 Å². The van der Waals surface area contributed by atoms with Crippen LogP contribution in [0.15, 0.2) is 24.3 Å². The van der Waals surface area contributed by atoms with Crippen LogP contribution in [0.2, 0.25) is 0 Å². The molecule has 1 aliphatic rings. The van der Waals surface area contributed by atoms with Crippen LogP contribution in [-0.2, 0) is 0 Å². The summed E-state index contributed by atoms with van der Waals surface area (Å²) in [6.45, 7) is 1.29. The first-order chi connectivity index (χ1) is 7.66. The smallest absolute Gasteiger partial charge is 0.316 e. The molecule has 0 bridgehead atoms. The number of nitrogens with zero attached hydrogens (tertiary/aromatic N) is 1. The monoisotopic (exact) mass is 241 g/mol. The number of piperidine rings is 1. The molecule has 1 fully saturated rings. The summed E-state index contributed by atoms with van der Waals surface area (Å²) in [7, 11) is 0. The largest absolute Gasteiger partial charge is 0.329 e. The third-order valence-electron chi connectivity index (χ3n) is 2.99. The van der Waals surface area contributed by atoms with Crippen molar-refractivity contribution < 1.29 is 9.18 Å². The van der Waals surface area contributed by atoms with Gasteiger partial charge in [0.25, 0.3) is 0 Å². The molecule has 1 aromatic carbocycles. The normalized spacial score (nSPS) is 20.9. The van der Waals surface area contributed by atoms with Crippen LogP contribution in [-0.4, -0.2) is 23.4 Å². The van der Waals surface area contributed by atoms with E-state index in [-0.39, 0.29) is 11.7 Å². The minimum Gasteiger partial charge on any atom is -0.329 e. The van der Waals surface area contributed by atoms with Gasteiger partial charge in [-0.05, 0) is 42.1 Å². The van der Waals surface area contributed by atoms with Gasteiger partial charge >= 0.3 is 5.37 Å². The minimum absolute atomic E-state index is 0.201. The summed E-state index contributed by atoms with van der Waals surface area (Å²) in [5.74, 6) is -0.0287. The molecular formula is C12H13ClFNO. The van der Waals surface area contributed by atoms with Crippen molar-refractivity contribution in [1.82, 2.24) is 4.90 Å². The number of carbonyl (C=O) groups excluding carboxylic acids is 1. The van der Waals surface area contributed by atoms with Gasteiger partial charge in [0.05, 0.1) is 0 Å². The number of rotatable bonds is 1. The number of halogens is 2. The van der Waals surface area contributed by atoms with E-state index in [1.807, 2.05) is 6.07 Å². The fourth-order valence-electron chi connectivity index (χ4n) is 2.17. The molecule has 0 spiro atoms. The zero-order valence-electron chi connectivity index (χ0n) is 8.83. The second kappa shape index (κ2) is 4.83. The van der Waals surface area contributed by atoms with Crippen LogP contribution in [0.4, 0.5) is 9.18 Å². The number of amides is 1. The number of likely N-dealkylation sites (tertiary alicyclic amines) is 1. The molecule has 0 N–H and O–H groups in total. The average molecular weight is 242 g/mol. The Morgan fingerprint density at radius 2 is 2.31 bits per heavy atom. The predicted molar refractivity (Wildman–Crippen MR) is 61.2 cm³/mol. The van der Waals surface area contributed by atoms with E-state index in [9.17, 15) is 9.18 Å². The molecule has 16 heavy (non-hydrogen) atoms. The van der Waals surface area contributed by atoms with Crippen LogP contribution in [0.3, 0.4) is 0 Å². The van der Waals surface area contributed by atoms with Crippen molar-refractivity contribution in [1.29, 1.82) is 0 Å². The fraction of sp³-hybridized carbons (Fsp3) is 0.417. The maximum Gasteiger partial charge on any atom is 0.316 e. The van der Waals surface area contributed by atoms with E-state index in [0.717, 1.165) is 18.4 Å². The number of carbonyl (C=O) groups is 1. The Morgan fingerprint density at radius 1 is 1.50 bits per heavy atom. The lowest BCUT2D eigenvalue weighted by Crippen LogP contribution is -2.36. The molecule has 2 rings (SSSR count). The molecule has 1 aromatic rings. The van der Waals surface area contributed by atoms with Gasteiger partial charge in [-0.15, -0.1) is 0 Å². The van der Waals surface area contributed by atoms with Crippen molar-refractivity contribution in [2.45, 2.75) is 18.8 Å². The topological polar surface area (TPSA) is 20.3 Å². The average Bonchev–Trinajstić information content (AvgIpc) is 2.29. The van der Waals surface area contributed by atoms with E-state index in [0.29, 0.717) is 13.1 Å². The highest BCUT2D eigenvalue weighted by molar-refractivity contribution is 6.62. The molecule has 1 amide bonds. The molecule has 1 unspecified atom stereocenters. The highest BCUT2D eigenvalue weighted by atomic mass is 35.5. The Balaban J connectivity index is 2.12. The molecule has 1 aliphatic heterocycles. The van der Waals surface area contributed by atoms with Gasteiger partial charge in [-0.3, -0.25) is 4.79 Å². The van der Waals surface area contributed by atoms with Gasteiger partial charge in [-0.2, -0.15) is 0 Å². The van der Waals surface area contributed by atoms with Crippen LogP contribution in [0.25, 0.3) is 0 Å². The van der Waals surface area contributed by atoms with Gasteiger partial charge in [0.1, 0.15) is 5.82 Å². The summed E-state index contributed by atoms with van der Waals surface area (Å²) in [6.07, 6.45) is 1.89. The maximum atomic E-state index is 13.1. The molecule has 0 saturated carbocycles. The Hall–Kier alpha value is -1.09. The maximum absolute atomic E-state index is 13.1. The summed E-state index contributed by atoms with van der Waals surface area (Å²) >= 11 is 5.45. The van der Waals surface area contributed by atoms with Crippen LogP contribution in [0.1, 0.15) is 24.3 Å². The summed E-state index contributed by atoms with van der Waals surface area (Å²) < 4.78 is 13.1. The Kier molecular flexibility index (Phi) is 3.44. The van der Waals surface area contributed by atoms with E-state index < -0.39 is 5.37 Å². The van der Waals surface area contributed by atoms with Gasteiger partial charge in [0.2, 0.25) is 0 Å². The Labute approximate surface area is 99.0 Å². The number of hydrogen-bond acceptors (Lipinski definition) is 1. The number of hydrogen-bond donors (Lipinski definition) is 0. The van der Waals surface area contributed by atoms with Crippen molar-refractivity contribution in [3.63, 3.8) is 0 Å². The summed E-state index contributed by atoms with van der Waals surface area (Å²) in [6, 6.07) is 6.56. The first kappa shape index (κ1) is 11.4. The second-order valence-electron chi connectivity index (χ2n) is 4.09. The second-order valence-corrected chi connectivity index (χ2v) is 4.42. The standard InChI is InChI=1S/C12H13ClFNO/c13-12(16)15-6-2-4-10(8-15)9-3-1-5-11(14)7-9/h1,3,5,7,10H,2,4,6,8H2. The highest BCUT2D eigenvalue weighted by Gasteiger charge is 2.23. The van der Waals surface area contributed by atoms with Crippen molar-refractivity contribution in [2.24, 2.45) is 0 Å². The first-order valence-electron chi connectivity index (χ1n) is 5.36. The van der Waals surface area contributed by atoms with Gasteiger partial charge in [-0.1, -0.05) is 12.1 Å².